The zero-order valence-corrected chi connectivity index (χ0v) is 17.9. The van der Waals surface area contributed by atoms with E-state index in [1.165, 1.54) is 5.56 Å². The van der Waals surface area contributed by atoms with Crippen molar-refractivity contribution in [1.29, 1.82) is 0 Å². The van der Waals surface area contributed by atoms with E-state index in [9.17, 15) is 0 Å². The lowest BCUT2D eigenvalue weighted by molar-refractivity contribution is 0.312. The molecule has 28 heavy (non-hydrogen) atoms. The smallest absolute Gasteiger partial charge is 0.191 e. The molecule has 8 heteroatoms. The maximum Gasteiger partial charge on any atom is 0.191 e. The van der Waals surface area contributed by atoms with E-state index in [0.717, 1.165) is 42.1 Å². The average molecular weight is 403 g/mol. The number of benzene rings is 1. The van der Waals surface area contributed by atoms with Gasteiger partial charge in [-0.25, -0.2) is 4.99 Å². The number of thioether (sulfide) groups is 1. The molecular weight excluding hydrogens is 372 g/mol. The van der Waals surface area contributed by atoms with Gasteiger partial charge in [0.25, 0.3) is 0 Å². The van der Waals surface area contributed by atoms with Crippen LogP contribution >= 0.6 is 11.8 Å². The Labute approximate surface area is 171 Å². The lowest BCUT2D eigenvalue weighted by Crippen LogP contribution is -2.45. The molecule has 152 valence electrons. The number of aryl methyl sites for hydroxylation is 1. The van der Waals surface area contributed by atoms with Gasteiger partial charge in [0.15, 0.2) is 11.8 Å². The van der Waals surface area contributed by atoms with Crippen molar-refractivity contribution in [1.82, 2.24) is 25.4 Å². The van der Waals surface area contributed by atoms with E-state index in [1.807, 2.05) is 42.4 Å². The van der Waals surface area contributed by atoms with E-state index in [4.69, 9.17) is 9.73 Å². The van der Waals surface area contributed by atoms with Crippen LogP contribution in [0.3, 0.4) is 0 Å². The Morgan fingerprint density at radius 1 is 1.39 bits per heavy atom. The van der Waals surface area contributed by atoms with Crippen molar-refractivity contribution in [2.24, 2.45) is 12.0 Å². The minimum atomic E-state index is 0.191. The molecule has 0 amide bonds. The molecule has 2 heterocycles. The lowest BCUT2D eigenvalue weighted by atomic mass is 9.94. The van der Waals surface area contributed by atoms with Crippen molar-refractivity contribution >= 4 is 17.7 Å². The highest BCUT2D eigenvalue weighted by molar-refractivity contribution is 7.98. The second-order valence-electron chi connectivity index (χ2n) is 7.05. The van der Waals surface area contributed by atoms with Gasteiger partial charge in [0, 0.05) is 31.1 Å². The zero-order chi connectivity index (χ0) is 19.9. The second-order valence-corrected chi connectivity index (χ2v) is 8.03. The van der Waals surface area contributed by atoms with Crippen LogP contribution in [0, 0.1) is 6.92 Å². The molecule has 1 aliphatic rings. The summed E-state index contributed by atoms with van der Waals surface area (Å²) in [5.74, 6) is 4.96. The summed E-state index contributed by atoms with van der Waals surface area (Å²) >= 11 is 1.86. The van der Waals surface area contributed by atoms with Gasteiger partial charge in [0.2, 0.25) is 0 Å². The van der Waals surface area contributed by atoms with Crippen LogP contribution in [-0.2, 0) is 13.6 Å². The van der Waals surface area contributed by atoms with E-state index in [0.29, 0.717) is 19.1 Å². The third-order valence-electron chi connectivity index (χ3n) is 5.08. The summed E-state index contributed by atoms with van der Waals surface area (Å²) in [7, 11) is 1.97. The molecule has 0 saturated carbocycles. The van der Waals surface area contributed by atoms with Crippen LogP contribution in [0.1, 0.15) is 36.5 Å². The molecule has 0 spiro atoms. The molecule has 2 atom stereocenters. The number of para-hydroxylation sites is 1. The number of aromatic nitrogens is 3. The maximum absolute atomic E-state index is 5.85. The minimum absolute atomic E-state index is 0.191. The molecule has 1 aromatic carbocycles. The largest absolute Gasteiger partial charge is 0.493 e. The molecule has 0 radical (unpaired) electrons. The third kappa shape index (κ3) is 4.98. The molecule has 2 aromatic rings. The molecule has 1 aliphatic heterocycles. The Hall–Kier alpha value is -2.22. The van der Waals surface area contributed by atoms with E-state index >= 15 is 0 Å². The standard InChI is InChI=1S/C20H30N6OS/c1-14(17-13-27-18-9-6-5-8-16(17)18)23-20(21-10-7-11-28-4)22-12-19-25-24-15(2)26(19)3/h5-6,8-9,14,17H,7,10-13H2,1-4H3,(H2,21,22,23). The Morgan fingerprint density at radius 2 is 2.21 bits per heavy atom. The van der Waals surface area contributed by atoms with Gasteiger partial charge in [-0.1, -0.05) is 18.2 Å². The SMILES string of the molecule is CSCCCNC(=NCc1nnc(C)n1C)NC(C)C1COc2ccccc21. The van der Waals surface area contributed by atoms with Crippen LogP contribution in [0.25, 0.3) is 0 Å². The fourth-order valence-electron chi connectivity index (χ4n) is 3.23. The van der Waals surface area contributed by atoms with Crippen LogP contribution in [0.2, 0.25) is 0 Å². The van der Waals surface area contributed by atoms with Gasteiger partial charge in [0.05, 0.1) is 6.61 Å². The van der Waals surface area contributed by atoms with Crippen molar-refractivity contribution in [3.05, 3.63) is 41.5 Å². The summed E-state index contributed by atoms with van der Waals surface area (Å²) in [6.07, 6.45) is 3.22. The van der Waals surface area contributed by atoms with E-state index in [2.05, 4.69) is 46.1 Å². The van der Waals surface area contributed by atoms with Gasteiger partial charge in [-0.2, -0.15) is 11.8 Å². The predicted molar refractivity (Wildman–Crippen MR) is 115 cm³/mol. The molecule has 3 rings (SSSR count). The molecule has 0 aliphatic carbocycles. The number of aliphatic imine (C=N–C) groups is 1. The summed E-state index contributed by atoms with van der Waals surface area (Å²) in [5, 5.41) is 15.3. The fraction of sp³-hybridized carbons (Fsp3) is 0.550. The number of nitrogens with one attached hydrogen (secondary N) is 2. The molecule has 1 aromatic heterocycles. The highest BCUT2D eigenvalue weighted by Crippen LogP contribution is 2.35. The third-order valence-corrected chi connectivity index (χ3v) is 5.78. The van der Waals surface area contributed by atoms with Crippen LogP contribution in [0.5, 0.6) is 5.75 Å². The molecule has 7 nitrogen and oxygen atoms in total. The molecular formula is C20H30N6OS. The minimum Gasteiger partial charge on any atom is -0.493 e. The van der Waals surface area contributed by atoms with Crippen LogP contribution in [-0.4, -0.2) is 51.9 Å². The first-order valence-electron chi connectivity index (χ1n) is 9.70. The number of rotatable bonds is 8. The van der Waals surface area contributed by atoms with Gasteiger partial charge >= 0.3 is 0 Å². The maximum atomic E-state index is 5.85. The normalized spacial score (nSPS) is 17.1. The number of hydrogen-bond donors (Lipinski definition) is 2. The van der Waals surface area contributed by atoms with E-state index in [-0.39, 0.29) is 6.04 Å². The lowest BCUT2D eigenvalue weighted by Gasteiger charge is -2.23. The quantitative estimate of drug-likeness (QED) is 0.401. The molecule has 0 saturated heterocycles. The summed E-state index contributed by atoms with van der Waals surface area (Å²) in [6.45, 7) is 6.19. The van der Waals surface area contributed by atoms with Gasteiger partial charge in [0.1, 0.15) is 18.1 Å². The second kappa shape index (κ2) is 9.82. The van der Waals surface area contributed by atoms with Gasteiger partial charge in [-0.05, 0) is 38.3 Å². The molecule has 0 fully saturated rings. The van der Waals surface area contributed by atoms with Crippen LogP contribution < -0.4 is 15.4 Å². The molecule has 2 N–H and O–H groups in total. The van der Waals surface area contributed by atoms with Gasteiger partial charge < -0.3 is 19.9 Å². The highest BCUT2D eigenvalue weighted by atomic mass is 32.2. The molecule has 2 unspecified atom stereocenters. The van der Waals surface area contributed by atoms with E-state index < -0.39 is 0 Å². The Morgan fingerprint density at radius 3 is 2.96 bits per heavy atom. The summed E-state index contributed by atoms with van der Waals surface area (Å²) in [4.78, 5) is 4.76. The summed E-state index contributed by atoms with van der Waals surface area (Å²) in [5.41, 5.74) is 1.26. The number of ether oxygens (including phenoxy) is 1. The zero-order valence-electron chi connectivity index (χ0n) is 17.1. The Kier molecular flexibility index (Phi) is 7.19. The first-order valence-corrected chi connectivity index (χ1v) is 11.1. The summed E-state index contributed by atoms with van der Waals surface area (Å²) < 4.78 is 7.82. The number of guanidine groups is 1. The monoisotopic (exact) mass is 402 g/mol. The van der Waals surface area contributed by atoms with Crippen molar-refractivity contribution in [3.8, 4) is 5.75 Å². The van der Waals surface area contributed by atoms with E-state index in [1.54, 1.807) is 0 Å². The van der Waals surface area contributed by atoms with Gasteiger partial charge in [-0.15, -0.1) is 10.2 Å². The van der Waals surface area contributed by atoms with Crippen LogP contribution in [0.4, 0.5) is 0 Å². The Balaban J connectivity index is 1.67. The molecule has 0 bridgehead atoms. The van der Waals surface area contributed by atoms with Crippen molar-refractivity contribution in [2.45, 2.75) is 38.8 Å². The first-order chi connectivity index (χ1) is 13.6. The van der Waals surface area contributed by atoms with Crippen molar-refractivity contribution < 1.29 is 4.74 Å². The topological polar surface area (TPSA) is 76.4 Å². The number of nitrogens with zero attached hydrogens (tertiary/aromatic N) is 4. The average Bonchev–Trinajstić information content (AvgIpc) is 3.27. The Bertz CT molecular complexity index is 806. The van der Waals surface area contributed by atoms with Crippen molar-refractivity contribution in [2.75, 3.05) is 25.2 Å². The first kappa shape index (κ1) is 20.5. The van der Waals surface area contributed by atoms with Gasteiger partial charge in [-0.3, -0.25) is 0 Å². The van der Waals surface area contributed by atoms with Crippen LogP contribution in [0.15, 0.2) is 29.3 Å². The fourth-order valence-corrected chi connectivity index (χ4v) is 3.66. The summed E-state index contributed by atoms with van der Waals surface area (Å²) in [6, 6.07) is 8.46. The number of hydrogen-bond acceptors (Lipinski definition) is 5. The highest BCUT2D eigenvalue weighted by Gasteiger charge is 2.29. The predicted octanol–water partition coefficient (Wildman–Crippen LogP) is 2.48. The van der Waals surface area contributed by atoms with Crippen molar-refractivity contribution in [3.63, 3.8) is 0 Å². The number of fused-ring (bicyclic) bond motifs is 1.